The topological polar surface area (TPSA) is 29.3 Å². The molecule has 17 heavy (non-hydrogen) atoms. The summed E-state index contributed by atoms with van der Waals surface area (Å²) in [5.41, 5.74) is 9.65. The fourth-order valence-electron chi connectivity index (χ4n) is 2.74. The molecule has 2 heteroatoms. The first-order chi connectivity index (χ1) is 8.11. The molecule has 1 saturated heterocycles. The quantitative estimate of drug-likeness (QED) is 0.849. The van der Waals surface area contributed by atoms with Crippen LogP contribution in [0.3, 0.4) is 0 Å². The maximum absolute atomic E-state index is 5.71. The molecular weight excluding hydrogens is 208 g/mol. The first-order valence-electron chi connectivity index (χ1n) is 6.68. The minimum absolute atomic E-state index is 0.637. The molecule has 0 radical (unpaired) electrons. The molecule has 1 heterocycles. The number of aryl methyl sites for hydroxylation is 1. The van der Waals surface area contributed by atoms with E-state index in [1.165, 1.54) is 36.2 Å². The lowest BCUT2D eigenvalue weighted by Crippen LogP contribution is -2.41. The molecule has 2 N–H and O–H groups in total. The summed E-state index contributed by atoms with van der Waals surface area (Å²) >= 11 is 0. The van der Waals surface area contributed by atoms with E-state index in [1.54, 1.807) is 0 Å². The van der Waals surface area contributed by atoms with Crippen molar-refractivity contribution < 1.29 is 0 Å². The van der Waals surface area contributed by atoms with Crippen LogP contribution in [0.4, 0.5) is 5.69 Å². The van der Waals surface area contributed by atoms with Gasteiger partial charge in [0.15, 0.2) is 0 Å². The van der Waals surface area contributed by atoms with E-state index in [2.05, 4.69) is 43.9 Å². The largest absolute Gasteiger partial charge is 0.369 e. The van der Waals surface area contributed by atoms with Crippen LogP contribution >= 0.6 is 0 Å². The molecule has 1 aromatic rings. The van der Waals surface area contributed by atoms with Crippen molar-refractivity contribution in [2.75, 3.05) is 11.4 Å². The van der Waals surface area contributed by atoms with Crippen molar-refractivity contribution in [1.82, 2.24) is 0 Å². The summed E-state index contributed by atoms with van der Waals surface area (Å²) < 4.78 is 0. The third kappa shape index (κ3) is 2.63. The zero-order valence-corrected chi connectivity index (χ0v) is 11.2. The molecule has 94 valence electrons. The number of hydrogen-bond donors (Lipinski definition) is 1. The van der Waals surface area contributed by atoms with Gasteiger partial charge in [-0.05, 0) is 55.9 Å². The molecule has 1 fully saturated rings. The monoisotopic (exact) mass is 232 g/mol. The zero-order chi connectivity index (χ0) is 12.4. The van der Waals surface area contributed by atoms with E-state index in [0.29, 0.717) is 12.6 Å². The number of anilines is 1. The lowest BCUT2D eigenvalue weighted by molar-refractivity contribution is 0.390. The van der Waals surface area contributed by atoms with Gasteiger partial charge in [0.2, 0.25) is 0 Å². The summed E-state index contributed by atoms with van der Waals surface area (Å²) in [7, 11) is 0. The first-order valence-corrected chi connectivity index (χ1v) is 6.68. The normalized spacial score (nSPS) is 25.1. The van der Waals surface area contributed by atoms with Crippen LogP contribution in [0.2, 0.25) is 0 Å². The van der Waals surface area contributed by atoms with Crippen molar-refractivity contribution in [2.45, 2.75) is 46.2 Å². The fourth-order valence-corrected chi connectivity index (χ4v) is 2.74. The Morgan fingerprint density at radius 2 is 2.06 bits per heavy atom. The van der Waals surface area contributed by atoms with E-state index >= 15 is 0 Å². The number of piperidine rings is 1. The van der Waals surface area contributed by atoms with Crippen molar-refractivity contribution >= 4 is 5.69 Å². The number of rotatable bonds is 2. The maximum atomic E-state index is 5.71. The highest BCUT2D eigenvalue weighted by Crippen LogP contribution is 2.28. The lowest BCUT2D eigenvalue weighted by Gasteiger charge is -2.39. The van der Waals surface area contributed by atoms with Crippen LogP contribution in [0.1, 0.15) is 37.8 Å². The molecule has 0 spiro atoms. The summed E-state index contributed by atoms with van der Waals surface area (Å²) in [4.78, 5) is 2.54. The van der Waals surface area contributed by atoms with Gasteiger partial charge in [-0.3, -0.25) is 0 Å². The van der Waals surface area contributed by atoms with Gasteiger partial charge >= 0.3 is 0 Å². The average molecular weight is 232 g/mol. The standard InChI is InChI=1S/C15H24N2/c1-11-4-5-13(3)17(10-11)15-7-6-14(9-16)12(2)8-15/h6-8,11,13H,4-5,9-10,16H2,1-3H3. The molecular formula is C15H24N2. The van der Waals surface area contributed by atoms with E-state index in [1.807, 2.05) is 0 Å². The van der Waals surface area contributed by atoms with Gasteiger partial charge in [-0.2, -0.15) is 0 Å². The summed E-state index contributed by atoms with van der Waals surface area (Å²) in [6.07, 6.45) is 2.66. The van der Waals surface area contributed by atoms with Crippen molar-refractivity contribution in [1.29, 1.82) is 0 Å². The molecule has 0 bridgehead atoms. The van der Waals surface area contributed by atoms with Crippen LogP contribution in [-0.4, -0.2) is 12.6 Å². The molecule has 1 aliphatic heterocycles. The third-order valence-corrected chi connectivity index (χ3v) is 4.00. The molecule has 0 saturated carbocycles. The summed E-state index contributed by atoms with van der Waals surface area (Å²) in [6.45, 7) is 8.66. The minimum atomic E-state index is 0.637. The van der Waals surface area contributed by atoms with E-state index in [9.17, 15) is 0 Å². The molecule has 2 rings (SSSR count). The summed E-state index contributed by atoms with van der Waals surface area (Å²) in [5, 5.41) is 0. The average Bonchev–Trinajstić information content (AvgIpc) is 2.32. The number of benzene rings is 1. The Morgan fingerprint density at radius 1 is 1.29 bits per heavy atom. The van der Waals surface area contributed by atoms with E-state index in [-0.39, 0.29) is 0 Å². The molecule has 0 aliphatic carbocycles. The lowest BCUT2D eigenvalue weighted by atomic mass is 9.94. The van der Waals surface area contributed by atoms with E-state index < -0.39 is 0 Å². The second-order valence-corrected chi connectivity index (χ2v) is 5.50. The Balaban J connectivity index is 2.23. The van der Waals surface area contributed by atoms with Crippen molar-refractivity contribution in [3.8, 4) is 0 Å². The van der Waals surface area contributed by atoms with Gasteiger partial charge in [-0.15, -0.1) is 0 Å². The van der Waals surface area contributed by atoms with Gasteiger partial charge in [0, 0.05) is 24.8 Å². The molecule has 2 nitrogen and oxygen atoms in total. The van der Waals surface area contributed by atoms with Crippen LogP contribution in [-0.2, 0) is 6.54 Å². The van der Waals surface area contributed by atoms with Crippen molar-refractivity contribution in [2.24, 2.45) is 11.7 Å². The predicted octanol–water partition coefficient (Wildman–Crippen LogP) is 3.08. The van der Waals surface area contributed by atoms with Gasteiger partial charge in [-0.1, -0.05) is 13.0 Å². The van der Waals surface area contributed by atoms with Crippen molar-refractivity contribution in [3.05, 3.63) is 29.3 Å². The number of nitrogens with two attached hydrogens (primary N) is 1. The fraction of sp³-hybridized carbons (Fsp3) is 0.600. The Kier molecular flexibility index (Phi) is 3.72. The van der Waals surface area contributed by atoms with Gasteiger partial charge < -0.3 is 10.6 Å². The van der Waals surface area contributed by atoms with Crippen LogP contribution in [0, 0.1) is 12.8 Å². The van der Waals surface area contributed by atoms with Gasteiger partial charge in [0.05, 0.1) is 0 Å². The Labute approximate surface area is 105 Å². The van der Waals surface area contributed by atoms with E-state index in [4.69, 9.17) is 5.73 Å². The second kappa shape index (κ2) is 5.09. The van der Waals surface area contributed by atoms with Gasteiger partial charge in [0.1, 0.15) is 0 Å². The highest BCUT2D eigenvalue weighted by Gasteiger charge is 2.23. The number of hydrogen-bond acceptors (Lipinski definition) is 2. The predicted molar refractivity (Wildman–Crippen MR) is 74.3 cm³/mol. The molecule has 2 atom stereocenters. The summed E-state index contributed by atoms with van der Waals surface area (Å²) in [6, 6.07) is 7.35. The zero-order valence-electron chi connectivity index (χ0n) is 11.2. The van der Waals surface area contributed by atoms with Crippen LogP contribution in [0.15, 0.2) is 18.2 Å². The second-order valence-electron chi connectivity index (χ2n) is 5.50. The SMILES string of the molecule is Cc1cc(N2CC(C)CCC2C)ccc1CN. The highest BCUT2D eigenvalue weighted by atomic mass is 15.2. The van der Waals surface area contributed by atoms with Crippen molar-refractivity contribution in [3.63, 3.8) is 0 Å². The molecule has 0 aromatic heterocycles. The first kappa shape index (κ1) is 12.4. The Morgan fingerprint density at radius 3 is 2.71 bits per heavy atom. The van der Waals surface area contributed by atoms with E-state index in [0.717, 1.165) is 5.92 Å². The highest BCUT2D eigenvalue weighted by molar-refractivity contribution is 5.52. The molecule has 1 aromatic carbocycles. The van der Waals surface area contributed by atoms with Crippen LogP contribution in [0.5, 0.6) is 0 Å². The maximum Gasteiger partial charge on any atom is 0.0371 e. The Bertz CT molecular complexity index is 387. The smallest absolute Gasteiger partial charge is 0.0371 e. The minimum Gasteiger partial charge on any atom is -0.369 e. The molecule has 1 aliphatic rings. The third-order valence-electron chi connectivity index (χ3n) is 4.00. The molecule has 2 unspecified atom stereocenters. The summed E-state index contributed by atoms with van der Waals surface area (Å²) in [5.74, 6) is 0.806. The van der Waals surface area contributed by atoms with Crippen LogP contribution < -0.4 is 10.6 Å². The number of nitrogens with zero attached hydrogens (tertiary/aromatic N) is 1. The molecule has 0 amide bonds. The van der Waals surface area contributed by atoms with Gasteiger partial charge in [-0.25, -0.2) is 0 Å². The van der Waals surface area contributed by atoms with Crippen LogP contribution in [0.25, 0.3) is 0 Å². The van der Waals surface area contributed by atoms with Gasteiger partial charge in [0.25, 0.3) is 0 Å². The Hall–Kier alpha value is -1.02.